The quantitative estimate of drug-likeness (QED) is 0.248. The number of nitrogens with zero attached hydrogens (tertiary/aromatic N) is 4. The summed E-state index contributed by atoms with van der Waals surface area (Å²) < 4.78 is 18.8. The van der Waals surface area contributed by atoms with Crippen molar-refractivity contribution in [3.8, 4) is 5.75 Å². The maximum Gasteiger partial charge on any atom is 0.174 e. The molecule has 40 heavy (non-hydrogen) atoms. The zero-order valence-electron chi connectivity index (χ0n) is 23.4. The SMILES string of the molecule is COCCOc1ccc(N2C(=S)N[C@H](c3ccccn3)[C@@H]2c2cc(C)n(CCCN3CCOCC3)c2C)cc1Cl. The Morgan fingerprint density at radius 2 is 1.93 bits per heavy atom. The van der Waals surface area contributed by atoms with Crippen molar-refractivity contribution >= 4 is 34.6 Å². The minimum atomic E-state index is -0.118. The van der Waals surface area contributed by atoms with Crippen LogP contribution in [0, 0.1) is 13.8 Å². The lowest BCUT2D eigenvalue weighted by Crippen LogP contribution is -2.37. The lowest BCUT2D eigenvalue weighted by Gasteiger charge is -2.29. The molecule has 2 aliphatic rings. The Kier molecular flexibility index (Phi) is 9.59. The molecule has 8 nitrogen and oxygen atoms in total. The van der Waals surface area contributed by atoms with Crippen LogP contribution in [0.2, 0.25) is 5.02 Å². The molecule has 0 amide bonds. The lowest BCUT2D eigenvalue weighted by molar-refractivity contribution is 0.0369. The largest absolute Gasteiger partial charge is 0.490 e. The summed E-state index contributed by atoms with van der Waals surface area (Å²) in [7, 11) is 1.65. The Balaban J connectivity index is 1.45. The first kappa shape index (κ1) is 28.8. The van der Waals surface area contributed by atoms with E-state index in [0.29, 0.717) is 29.1 Å². The molecule has 2 aromatic heterocycles. The van der Waals surface area contributed by atoms with Gasteiger partial charge in [0.05, 0.1) is 42.6 Å². The third-order valence-electron chi connectivity index (χ3n) is 7.73. The molecule has 0 radical (unpaired) electrons. The van der Waals surface area contributed by atoms with Crippen molar-refractivity contribution in [3.05, 3.63) is 76.3 Å². The zero-order chi connectivity index (χ0) is 28.1. The molecule has 1 aromatic carbocycles. The average Bonchev–Trinajstić information content (AvgIpc) is 3.45. The van der Waals surface area contributed by atoms with E-state index >= 15 is 0 Å². The smallest absolute Gasteiger partial charge is 0.174 e. The number of thiocarbonyl (C=S) groups is 1. The van der Waals surface area contributed by atoms with Crippen molar-refractivity contribution < 1.29 is 14.2 Å². The van der Waals surface area contributed by atoms with Crippen LogP contribution in [0.25, 0.3) is 0 Å². The summed E-state index contributed by atoms with van der Waals surface area (Å²) in [6, 6.07) is 13.9. The number of anilines is 1. The second-order valence-corrected chi connectivity index (χ2v) is 11.0. The Bertz CT molecular complexity index is 1300. The van der Waals surface area contributed by atoms with E-state index in [1.807, 2.05) is 36.5 Å². The number of benzene rings is 1. The molecule has 5 rings (SSSR count). The number of nitrogens with one attached hydrogen (secondary N) is 1. The van der Waals surface area contributed by atoms with Gasteiger partial charge in [-0.15, -0.1) is 0 Å². The summed E-state index contributed by atoms with van der Waals surface area (Å²) in [6.45, 7) is 11.1. The van der Waals surface area contributed by atoms with E-state index in [-0.39, 0.29) is 12.1 Å². The van der Waals surface area contributed by atoms with Gasteiger partial charge in [0.15, 0.2) is 5.11 Å². The molecule has 0 spiro atoms. The topological polar surface area (TPSA) is 64.0 Å². The van der Waals surface area contributed by atoms with Crippen LogP contribution in [-0.4, -0.2) is 72.7 Å². The van der Waals surface area contributed by atoms with Crippen molar-refractivity contribution in [3.63, 3.8) is 0 Å². The van der Waals surface area contributed by atoms with Crippen LogP contribution in [0.4, 0.5) is 5.69 Å². The normalized spacial score (nSPS) is 19.7. The summed E-state index contributed by atoms with van der Waals surface area (Å²) in [5, 5.41) is 4.73. The molecule has 0 aliphatic carbocycles. The summed E-state index contributed by atoms with van der Waals surface area (Å²) in [5.41, 5.74) is 5.56. The molecule has 0 saturated carbocycles. The lowest BCUT2D eigenvalue weighted by atomic mass is 9.96. The van der Waals surface area contributed by atoms with Crippen LogP contribution in [0.1, 0.15) is 41.1 Å². The molecule has 1 N–H and O–H groups in total. The van der Waals surface area contributed by atoms with Crippen molar-refractivity contribution in [2.45, 2.75) is 38.9 Å². The molecule has 214 valence electrons. The van der Waals surface area contributed by atoms with Gasteiger partial charge in [0.25, 0.3) is 0 Å². The average molecular weight is 584 g/mol. The molecule has 2 saturated heterocycles. The molecule has 3 aromatic rings. The number of halogens is 1. The van der Waals surface area contributed by atoms with Gasteiger partial charge in [-0.3, -0.25) is 9.88 Å². The van der Waals surface area contributed by atoms with Gasteiger partial charge in [0, 0.05) is 56.6 Å². The third-order valence-corrected chi connectivity index (χ3v) is 8.34. The minimum absolute atomic E-state index is 0.0991. The highest BCUT2D eigenvalue weighted by Gasteiger charge is 2.42. The molecule has 2 atom stereocenters. The monoisotopic (exact) mass is 583 g/mol. The second kappa shape index (κ2) is 13.3. The molecular formula is C30H38ClN5O3S. The third kappa shape index (κ3) is 6.29. The standard InChI is InChI=1S/C30H38ClN5O3S/c1-21-19-24(22(2)35(21)12-6-11-34-13-15-38-16-14-34)29-28(26-7-4-5-10-32-26)33-30(40)36(29)23-8-9-27(25(31)20-23)39-18-17-37-3/h4-5,7-10,19-20,28-29H,6,11-18H2,1-3H3,(H,33,40)/t28-,29+/m1/s1. The van der Waals surface area contributed by atoms with Gasteiger partial charge in [-0.05, 0) is 74.4 Å². The summed E-state index contributed by atoms with van der Waals surface area (Å²) in [4.78, 5) is 9.36. The number of hydrogen-bond acceptors (Lipinski definition) is 6. The van der Waals surface area contributed by atoms with Gasteiger partial charge < -0.3 is 29.0 Å². The highest BCUT2D eigenvalue weighted by molar-refractivity contribution is 7.80. The van der Waals surface area contributed by atoms with Crippen LogP contribution >= 0.6 is 23.8 Å². The van der Waals surface area contributed by atoms with Crippen molar-refractivity contribution in [2.24, 2.45) is 0 Å². The van der Waals surface area contributed by atoms with Gasteiger partial charge in [-0.1, -0.05) is 17.7 Å². The predicted octanol–water partition coefficient (Wildman–Crippen LogP) is 5.08. The highest BCUT2D eigenvalue weighted by atomic mass is 35.5. The fraction of sp³-hybridized carbons (Fsp3) is 0.467. The Hall–Kier alpha value is -2.69. The Morgan fingerprint density at radius 1 is 1.10 bits per heavy atom. The van der Waals surface area contributed by atoms with Crippen LogP contribution < -0.4 is 15.0 Å². The number of morpholine rings is 1. The van der Waals surface area contributed by atoms with Gasteiger partial charge >= 0.3 is 0 Å². The van der Waals surface area contributed by atoms with Crippen molar-refractivity contribution in [1.29, 1.82) is 0 Å². The van der Waals surface area contributed by atoms with E-state index in [2.05, 4.69) is 45.7 Å². The maximum atomic E-state index is 6.68. The number of aromatic nitrogens is 2. The molecule has 2 fully saturated rings. The zero-order valence-corrected chi connectivity index (χ0v) is 25.0. The number of ether oxygens (including phenoxy) is 3. The summed E-state index contributed by atoms with van der Waals surface area (Å²) in [5.74, 6) is 0.622. The maximum absolute atomic E-state index is 6.68. The van der Waals surface area contributed by atoms with Gasteiger partial charge in [0.2, 0.25) is 0 Å². The minimum Gasteiger partial charge on any atom is -0.490 e. The van der Waals surface area contributed by atoms with E-state index < -0.39 is 0 Å². The molecule has 2 aliphatic heterocycles. The van der Waals surface area contributed by atoms with Gasteiger partial charge in [-0.25, -0.2) is 0 Å². The Labute approximate surface area is 247 Å². The van der Waals surface area contributed by atoms with Crippen LogP contribution in [0.15, 0.2) is 48.7 Å². The van der Waals surface area contributed by atoms with Gasteiger partial charge in [0.1, 0.15) is 12.4 Å². The van der Waals surface area contributed by atoms with E-state index in [0.717, 1.165) is 57.2 Å². The van der Waals surface area contributed by atoms with Crippen molar-refractivity contribution in [2.75, 3.05) is 58.1 Å². The van der Waals surface area contributed by atoms with E-state index in [1.165, 1.54) is 17.0 Å². The fourth-order valence-electron chi connectivity index (χ4n) is 5.69. The molecule has 0 bridgehead atoms. The number of methoxy groups -OCH3 is 1. The summed E-state index contributed by atoms with van der Waals surface area (Å²) >= 11 is 12.6. The van der Waals surface area contributed by atoms with E-state index in [1.54, 1.807) is 7.11 Å². The van der Waals surface area contributed by atoms with Gasteiger partial charge in [-0.2, -0.15) is 0 Å². The molecule has 4 heterocycles. The predicted molar refractivity (Wildman–Crippen MR) is 163 cm³/mol. The van der Waals surface area contributed by atoms with E-state index in [4.69, 9.17) is 43.0 Å². The van der Waals surface area contributed by atoms with Crippen LogP contribution in [0.3, 0.4) is 0 Å². The fourth-order valence-corrected chi connectivity index (χ4v) is 6.26. The number of pyridine rings is 1. The van der Waals surface area contributed by atoms with E-state index in [9.17, 15) is 0 Å². The molecule has 0 unspecified atom stereocenters. The second-order valence-electron chi connectivity index (χ2n) is 10.2. The van der Waals surface area contributed by atoms with Crippen LogP contribution in [0.5, 0.6) is 5.75 Å². The first-order chi connectivity index (χ1) is 19.5. The number of hydrogen-bond donors (Lipinski definition) is 1. The molecule has 10 heteroatoms. The Morgan fingerprint density at radius 3 is 2.65 bits per heavy atom. The molecular weight excluding hydrogens is 546 g/mol. The number of rotatable bonds is 11. The highest BCUT2D eigenvalue weighted by Crippen LogP contribution is 2.44. The van der Waals surface area contributed by atoms with Crippen molar-refractivity contribution in [1.82, 2.24) is 19.8 Å². The van der Waals surface area contributed by atoms with Crippen LogP contribution in [-0.2, 0) is 16.0 Å². The summed E-state index contributed by atoms with van der Waals surface area (Å²) in [6.07, 6.45) is 2.92. The first-order valence-electron chi connectivity index (χ1n) is 13.9. The number of aryl methyl sites for hydroxylation is 1. The first-order valence-corrected chi connectivity index (χ1v) is 14.6.